The molecule has 11 aromatic rings. The topological polar surface area (TPSA) is 51.8 Å². The maximum Gasteiger partial charge on any atom is 0.180 e. The molecule has 0 saturated carbocycles. The van der Waals surface area contributed by atoms with Gasteiger partial charge in [-0.15, -0.1) is 0 Å². The fraction of sp³-hybridized carbons (Fsp3) is 0. The van der Waals surface area contributed by atoms with E-state index in [0.717, 1.165) is 60.9 Å². The Morgan fingerprint density at radius 1 is 0.323 bits per heavy atom. The molecule has 3 heterocycles. The van der Waals surface area contributed by atoms with E-state index in [0.29, 0.717) is 17.5 Å². The lowest BCUT2D eigenvalue weighted by molar-refractivity contribution is 0.669. The van der Waals surface area contributed by atoms with E-state index in [-0.39, 0.29) is 0 Å². The van der Waals surface area contributed by atoms with E-state index >= 15 is 0 Å². The number of fused-ring (bicyclic) bond motifs is 6. The molecule has 1 aliphatic heterocycles. The van der Waals surface area contributed by atoms with Crippen LogP contribution in [0.2, 0.25) is 0 Å². The van der Waals surface area contributed by atoms with E-state index in [2.05, 4.69) is 188 Å². The maximum absolute atomic E-state index is 6.54. The van der Waals surface area contributed by atoms with Crippen molar-refractivity contribution in [2.24, 2.45) is 0 Å². The van der Waals surface area contributed by atoms with E-state index in [4.69, 9.17) is 19.4 Å². The van der Waals surface area contributed by atoms with Crippen molar-refractivity contribution in [1.29, 1.82) is 0 Å². The monoisotopic (exact) mass is 807 g/mol. The third-order valence-corrected chi connectivity index (χ3v) is 17.3. The van der Waals surface area contributed by atoms with Gasteiger partial charge in [0.25, 0.3) is 0 Å². The Labute approximate surface area is 360 Å². The number of hydrogen-bond acceptors (Lipinski definition) is 4. The van der Waals surface area contributed by atoms with Crippen LogP contribution in [-0.4, -0.2) is 23.0 Å². The second-order valence-corrected chi connectivity index (χ2v) is 19.6. The zero-order chi connectivity index (χ0) is 41.0. The highest BCUT2D eigenvalue weighted by atomic mass is 28.3. The van der Waals surface area contributed by atoms with E-state index in [1.165, 1.54) is 31.9 Å². The first-order valence-electron chi connectivity index (χ1n) is 21.0. The summed E-state index contributed by atoms with van der Waals surface area (Å²) in [6.07, 6.45) is 0. The van der Waals surface area contributed by atoms with E-state index in [1.807, 2.05) is 36.4 Å². The predicted molar refractivity (Wildman–Crippen MR) is 257 cm³/mol. The summed E-state index contributed by atoms with van der Waals surface area (Å²) < 4.78 is 6.54. The van der Waals surface area contributed by atoms with E-state index in [1.54, 1.807) is 0 Å². The summed E-state index contributed by atoms with van der Waals surface area (Å²) in [5, 5.41) is 7.35. The molecule has 2 aromatic heterocycles. The van der Waals surface area contributed by atoms with Gasteiger partial charge in [0.2, 0.25) is 0 Å². The lowest BCUT2D eigenvalue weighted by Crippen LogP contribution is -2.72. The Kier molecular flexibility index (Phi) is 8.47. The van der Waals surface area contributed by atoms with Crippen LogP contribution in [-0.2, 0) is 0 Å². The van der Waals surface area contributed by atoms with Crippen molar-refractivity contribution in [2.45, 2.75) is 0 Å². The van der Waals surface area contributed by atoms with Gasteiger partial charge < -0.3 is 4.42 Å². The van der Waals surface area contributed by atoms with Crippen molar-refractivity contribution < 1.29 is 4.42 Å². The zero-order valence-corrected chi connectivity index (χ0v) is 34.6. The lowest BCUT2D eigenvalue weighted by Gasteiger charge is -2.31. The Balaban J connectivity index is 1.18. The molecule has 9 aromatic carbocycles. The van der Waals surface area contributed by atoms with Crippen molar-refractivity contribution in [3.05, 3.63) is 224 Å². The summed E-state index contributed by atoms with van der Waals surface area (Å²) in [4.78, 5) is 16.3. The van der Waals surface area contributed by atoms with Gasteiger partial charge in [0, 0.05) is 27.5 Å². The smallest absolute Gasteiger partial charge is 0.180 e. The minimum absolute atomic E-state index is 0.590. The normalized spacial score (nSPS) is 12.6. The number of rotatable bonds is 7. The average molecular weight is 808 g/mol. The van der Waals surface area contributed by atoms with Crippen LogP contribution in [0.25, 0.3) is 89.5 Å². The summed E-state index contributed by atoms with van der Waals surface area (Å²) in [6.45, 7) is 0. The molecule has 0 radical (unpaired) electrons. The fourth-order valence-electron chi connectivity index (χ4n) is 9.70. The highest BCUT2D eigenvalue weighted by Crippen LogP contribution is 2.42. The number of benzene rings is 9. The quantitative estimate of drug-likeness (QED) is 0.151. The number of aromatic nitrogens is 3. The molecule has 0 bridgehead atoms. The molecule has 5 heteroatoms. The van der Waals surface area contributed by atoms with Crippen LogP contribution in [0, 0.1) is 0 Å². The van der Waals surface area contributed by atoms with Crippen LogP contribution in [0.1, 0.15) is 0 Å². The average Bonchev–Trinajstić information content (AvgIpc) is 3.88. The van der Waals surface area contributed by atoms with Crippen molar-refractivity contribution >= 4 is 50.8 Å². The molecule has 4 nitrogen and oxygen atoms in total. The van der Waals surface area contributed by atoms with Crippen LogP contribution in [0.5, 0.6) is 0 Å². The standard InChI is InChI=1S/C57H37N3OSi/c1-6-19-38(20-7-1)41-33-34-49-47(35-41)53-46(30-18-31-50(53)61-49)56-58-55(40-23-10-3-11-24-40)59-57(60-56)48-36-42(39-21-8-2-9-22-39)37-52-54(48)45-29-16-17-32-51(45)62(52,43-25-12-4-13-26-43)44-27-14-5-15-28-44/h1-37H. The van der Waals surface area contributed by atoms with Crippen molar-refractivity contribution in [3.8, 4) is 67.5 Å². The first-order chi connectivity index (χ1) is 30.7. The molecule has 0 unspecified atom stereocenters. The SMILES string of the molecule is c1ccc(-c2cc(-c3nc(-c4ccccc4)nc(-c4cccc5oc6ccc(-c7ccccc7)cc6c45)n3)c3c(c2)[Si](c2ccccc2)(c2ccccc2)c2ccccc2-3)cc1. The zero-order valence-electron chi connectivity index (χ0n) is 33.6. The molecule has 0 fully saturated rings. The van der Waals surface area contributed by atoms with Crippen LogP contribution in [0.3, 0.4) is 0 Å². The summed E-state index contributed by atoms with van der Waals surface area (Å²) in [7, 11) is -2.88. The first kappa shape index (κ1) is 35.9. The predicted octanol–water partition coefficient (Wildman–Crippen LogP) is 11.5. The number of nitrogens with zero attached hydrogens (tertiary/aromatic N) is 3. The molecule has 0 saturated heterocycles. The minimum atomic E-state index is -2.88. The molecule has 62 heavy (non-hydrogen) atoms. The molecular weight excluding hydrogens is 771 g/mol. The summed E-state index contributed by atoms with van der Waals surface area (Å²) in [5.41, 5.74) is 11.3. The van der Waals surface area contributed by atoms with Gasteiger partial charge >= 0.3 is 0 Å². The largest absolute Gasteiger partial charge is 0.456 e. The van der Waals surface area contributed by atoms with Crippen LogP contribution in [0.4, 0.5) is 0 Å². The van der Waals surface area contributed by atoms with Crippen LogP contribution in [0.15, 0.2) is 229 Å². The van der Waals surface area contributed by atoms with Gasteiger partial charge in [0.15, 0.2) is 25.5 Å². The van der Waals surface area contributed by atoms with Gasteiger partial charge in [-0.05, 0) is 78.4 Å². The summed E-state index contributed by atoms with van der Waals surface area (Å²) in [5.74, 6) is 1.82. The van der Waals surface area contributed by atoms with E-state index < -0.39 is 8.07 Å². The highest BCUT2D eigenvalue weighted by molar-refractivity contribution is 7.22. The van der Waals surface area contributed by atoms with Crippen molar-refractivity contribution in [2.75, 3.05) is 0 Å². The third kappa shape index (κ3) is 5.70. The Hall–Kier alpha value is -7.99. The second-order valence-electron chi connectivity index (χ2n) is 15.9. The summed E-state index contributed by atoms with van der Waals surface area (Å²) in [6, 6.07) is 80.1. The van der Waals surface area contributed by atoms with Gasteiger partial charge in [0.05, 0.1) is 0 Å². The van der Waals surface area contributed by atoms with Gasteiger partial charge in [-0.25, -0.2) is 15.0 Å². The van der Waals surface area contributed by atoms with Gasteiger partial charge in [0.1, 0.15) is 11.2 Å². The maximum atomic E-state index is 6.54. The minimum Gasteiger partial charge on any atom is -0.456 e. The van der Waals surface area contributed by atoms with Crippen LogP contribution < -0.4 is 20.7 Å². The Morgan fingerprint density at radius 2 is 0.855 bits per heavy atom. The number of furan rings is 1. The molecule has 0 spiro atoms. The lowest BCUT2D eigenvalue weighted by atomic mass is 9.94. The number of hydrogen-bond donors (Lipinski definition) is 0. The second kappa shape index (κ2) is 14.6. The van der Waals surface area contributed by atoms with Gasteiger partial charge in [-0.1, -0.05) is 200 Å². The first-order valence-corrected chi connectivity index (χ1v) is 23.0. The molecular formula is C57H37N3OSi. The Morgan fingerprint density at radius 3 is 1.52 bits per heavy atom. The van der Waals surface area contributed by atoms with Crippen molar-refractivity contribution in [1.82, 2.24) is 15.0 Å². The highest BCUT2D eigenvalue weighted by Gasteiger charge is 2.49. The molecule has 1 aliphatic rings. The molecule has 0 amide bonds. The molecule has 0 N–H and O–H groups in total. The molecule has 0 aliphatic carbocycles. The molecule has 12 rings (SSSR count). The van der Waals surface area contributed by atoms with Gasteiger partial charge in [-0.2, -0.15) is 0 Å². The van der Waals surface area contributed by atoms with Gasteiger partial charge in [-0.3, -0.25) is 0 Å². The third-order valence-electron chi connectivity index (χ3n) is 12.4. The van der Waals surface area contributed by atoms with E-state index in [9.17, 15) is 0 Å². The van der Waals surface area contributed by atoms with Crippen molar-refractivity contribution in [3.63, 3.8) is 0 Å². The van der Waals surface area contributed by atoms with Crippen LogP contribution >= 0.6 is 0 Å². The fourth-order valence-corrected chi connectivity index (χ4v) is 14.9. The molecule has 290 valence electrons. The Bertz CT molecular complexity index is 3410. The molecule has 0 atom stereocenters. The summed E-state index contributed by atoms with van der Waals surface area (Å²) >= 11 is 0.